The van der Waals surface area contributed by atoms with Crippen LogP contribution in [-0.4, -0.2) is 45.7 Å². The average Bonchev–Trinajstić information content (AvgIpc) is 3.47. The van der Waals surface area contributed by atoms with Crippen LogP contribution in [0.25, 0.3) is 16.4 Å². The lowest BCUT2D eigenvalue weighted by Crippen LogP contribution is -2.10. The third-order valence-electron chi connectivity index (χ3n) is 4.74. The summed E-state index contributed by atoms with van der Waals surface area (Å²) >= 11 is 1.54. The van der Waals surface area contributed by atoms with Crippen molar-refractivity contribution in [1.29, 1.82) is 0 Å². The number of hydrogen-bond acceptors (Lipinski definition) is 8. The summed E-state index contributed by atoms with van der Waals surface area (Å²) < 4.78 is 12.6. The lowest BCUT2D eigenvalue weighted by Gasteiger charge is -2.18. The first kappa shape index (κ1) is 20.8. The second kappa shape index (κ2) is 9.15. The zero-order valence-corrected chi connectivity index (χ0v) is 18.3. The predicted octanol–water partition coefficient (Wildman–Crippen LogP) is 3.99. The first-order valence-electron chi connectivity index (χ1n) is 9.69. The summed E-state index contributed by atoms with van der Waals surface area (Å²) in [6, 6.07) is 9.41. The first-order valence-corrected chi connectivity index (χ1v) is 10.6. The fourth-order valence-corrected chi connectivity index (χ4v) is 3.90. The third-order valence-corrected chi connectivity index (χ3v) is 5.54. The molecule has 3 aromatic heterocycles. The highest BCUT2D eigenvalue weighted by molar-refractivity contribution is 7.13. The Morgan fingerprint density at radius 2 is 2.03 bits per heavy atom. The maximum absolute atomic E-state index is 9.74. The van der Waals surface area contributed by atoms with E-state index in [9.17, 15) is 5.11 Å². The van der Waals surface area contributed by atoms with E-state index in [-0.39, 0.29) is 6.61 Å². The van der Waals surface area contributed by atoms with Gasteiger partial charge in [0.25, 0.3) is 0 Å². The Kier molecular flexibility index (Phi) is 6.15. The monoisotopic (exact) mass is 437 g/mol. The number of aromatic nitrogens is 4. The molecule has 0 aliphatic heterocycles. The maximum atomic E-state index is 9.74. The molecule has 31 heavy (non-hydrogen) atoms. The van der Waals surface area contributed by atoms with Crippen LogP contribution >= 0.6 is 11.3 Å². The van der Waals surface area contributed by atoms with Gasteiger partial charge in [0, 0.05) is 48.1 Å². The molecule has 4 aromatic rings. The molecule has 0 spiro atoms. The van der Waals surface area contributed by atoms with Crippen molar-refractivity contribution in [3.8, 4) is 27.9 Å². The van der Waals surface area contributed by atoms with Crippen LogP contribution in [0.3, 0.4) is 0 Å². The van der Waals surface area contributed by atoms with Gasteiger partial charge in [-0.2, -0.15) is 5.10 Å². The highest BCUT2D eigenvalue weighted by Gasteiger charge is 2.17. The predicted molar refractivity (Wildman–Crippen MR) is 121 cm³/mol. The van der Waals surface area contributed by atoms with Gasteiger partial charge in [-0.25, -0.2) is 14.6 Å². The van der Waals surface area contributed by atoms with Crippen molar-refractivity contribution in [1.82, 2.24) is 19.7 Å². The molecule has 3 heterocycles. The number of rotatable bonds is 8. The number of aliphatic hydroxyl groups excluding tert-OH is 1. The van der Waals surface area contributed by atoms with Crippen LogP contribution in [0.5, 0.6) is 11.5 Å². The van der Waals surface area contributed by atoms with E-state index in [1.807, 2.05) is 42.8 Å². The van der Waals surface area contributed by atoms with E-state index >= 15 is 0 Å². The van der Waals surface area contributed by atoms with Crippen molar-refractivity contribution in [2.45, 2.75) is 13.3 Å². The number of nitrogens with one attached hydrogen (secondary N) is 1. The molecule has 0 unspecified atom stereocenters. The van der Waals surface area contributed by atoms with Gasteiger partial charge in [0.05, 0.1) is 25.6 Å². The van der Waals surface area contributed by atoms with Gasteiger partial charge in [0.1, 0.15) is 28.0 Å². The second-order valence-electron chi connectivity index (χ2n) is 6.76. The molecule has 2 N–H and O–H groups in total. The number of pyridine rings is 1. The smallest absolute Gasteiger partial charge is 0.146 e. The minimum atomic E-state index is -0.0211. The van der Waals surface area contributed by atoms with Gasteiger partial charge >= 0.3 is 0 Å². The highest BCUT2D eigenvalue weighted by Crippen LogP contribution is 2.34. The van der Waals surface area contributed by atoms with Crippen molar-refractivity contribution in [3.05, 3.63) is 59.4 Å². The van der Waals surface area contributed by atoms with Gasteiger partial charge in [0.2, 0.25) is 0 Å². The Balaban J connectivity index is 1.77. The molecule has 0 amide bonds. The van der Waals surface area contributed by atoms with Crippen LogP contribution < -0.4 is 14.8 Å². The van der Waals surface area contributed by atoms with E-state index in [0.29, 0.717) is 23.7 Å². The standard InChI is InChI=1S/C22H23N5O3S/c1-14-12-19(27-9-6-18(26-27)22-23-8-11-31-22)16(7-10-28)21(24-14)25-17-5-4-15(29-2)13-20(17)30-3/h4-6,8-9,11-13,28H,7,10H2,1-3H3,(H,24,25). The van der Waals surface area contributed by atoms with Crippen molar-refractivity contribution < 1.29 is 14.6 Å². The van der Waals surface area contributed by atoms with Crippen LogP contribution in [-0.2, 0) is 6.42 Å². The van der Waals surface area contributed by atoms with Crippen LogP contribution in [0.15, 0.2) is 48.1 Å². The Labute approximate surface area is 184 Å². The molecule has 8 nitrogen and oxygen atoms in total. The summed E-state index contributed by atoms with van der Waals surface area (Å²) in [5.41, 5.74) is 4.05. The van der Waals surface area contributed by atoms with E-state index in [1.165, 1.54) is 11.3 Å². The summed E-state index contributed by atoms with van der Waals surface area (Å²) in [6.07, 6.45) is 4.07. The van der Waals surface area contributed by atoms with Crippen molar-refractivity contribution in [2.75, 3.05) is 26.1 Å². The summed E-state index contributed by atoms with van der Waals surface area (Å²) in [5.74, 6) is 1.96. The molecule has 160 valence electrons. The van der Waals surface area contributed by atoms with E-state index < -0.39 is 0 Å². The minimum absolute atomic E-state index is 0.0211. The summed E-state index contributed by atoms with van der Waals surface area (Å²) in [7, 11) is 3.22. The Morgan fingerprint density at radius 1 is 1.16 bits per heavy atom. The number of thiazole rings is 1. The number of hydrogen-bond donors (Lipinski definition) is 2. The minimum Gasteiger partial charge on any atom is -0.497 e. The van der Waals surface area contributed by atoms with Crippen LogP contribution in [0, 0.1) is 6.92 Å². The van der Waals surface area contributed by atoms with Gasteiger partial charge in [-0.15, -0.1) is 11.3 Å². The summed E-state index contributed by atoms with van der Waals surface area (Å²) in [5, 5.41) is 20.6. The lowest BCUT2D eigenvalue weighted by atomic mass is 10.1. The Morgan fingerprint density at radius 3 is 2.74 bits per heavy atom. The quantitative estimate of drug-likeness (QED) is 0.430. The molecule has 0 saturated heterocycles. The van der Waals surface area contributed by atoms with Gasteiger partial charge in [-0.05, 0) is 31.2 Å². The first-order chi connectivity index (χ1) is 15.1. The lowest BCUT2D eigenvalue weighted by molar-refractivity contribution is 0.299. The SMILES string of the molecule is COc1ccc(Nc2nc(C)cc(-n3ccc(-c4nccs4)n3)c2CCO)c(OC)c1. The van der Waals surface area contributed by atoms with Gasteiger partial charge in [0.15, 0.2) is 0 Å². The number of anilines is 2. The second-order valence-corrected chi connectivity index (χ2v) is 7.65. The number of aryl methyl sites for hydroxylation is 1. The number of benzene rings is 1. The molecule has 1 aromatic carbocycles. The van der Waals surface area contributed by atoms with Gasteiger partial charge in [-0.1, -0.05) is 0 Å². The molecule has 0 aliphatic carbocycles. The molecule has 0 saturated carbocycles. The summed E-state index contributed by atoms with van der Waals surface area (Å²) in [4.78, 5) is 9.02. The maximum Gasteiger partial charge on any atom is 0.146 e. The van der Waals surface area contributed by atoms with Crippen LogP contribution in [0.4, 0.5) is 11.5 Å². The van der Waals surface area contributed by atoms with Crippen molar-refractivity contribution in [2.24, 2.45) is 0 Å². The number of methoxy groups -OCH3 is 2. The molecule has 0 atom stereocenters. The Hall–Kier alpha value is -3.43. The molecule has 4 rings (SSSR count). The van der Waals surface area contributed by atoms with E-state index in [2.05, 4.69) is 15.3 Å². The zero-order chi connectivity index (χ0) is 21.8. The molecular formula is C22H23N5O3S. The molecule has 9 heteroatoms. The topological polar surface area (TPSA) is 94.3 Å². The zero-order valence-electron chi connectivity index (χ0n) is 17.5. The van der Waals surface area contributed by atoms with Crippen LogP contribution in [0.1, 0.15) is 11.3 Å². The molecule has 0 aliphatic rings. The van der Waals surface area contributed by atoms with E-state index in [1.54, 1.807) is 31.2 Å². The highest BCUT2D eigenvalue weighted by atomic mass is 32.1. The number of aliphatic hydroxyl groups is 1. The van der Waals surface area contributed by atoms with Crippen LogP contribution in [0.2, 0.25) is 0 Å². The fraction of sp³-hybridized carbons (Fsp3) is 0.227. The van der Waals surface area contributed by atoms with E-state index in [0.717, 1.165) is 33.3 Å². The van der Waals surface area contributed by atoms with Gasteiger partial charge in [-0.3, -0.25) is 0 Å². The molecule has 0 bridgehead atoms. The number of ether oxygens (including phenoxy) is 2. The van der Waals surface area contributed by atoms with Crippen molar-refractivity contribution in [3.63, 3.8) is 0 Å². The number of nitrogens with zero attached hydrogens (tertiary/aromatic N) is 4. The Bertz CT molecular complexity index is 1170. The molecular weight excluding hydrogens is 414 g/mol. The van der Waals surface area contributed by atoms with E-state index in [4.69, 9.17) is 14.6 Å². The largest absolute Gasteiger partial charge is 0.497 e. The summed E-state index contributed by atoms with van der Waals surface area (Å²) in [6.45, 7) is 1.90. The molecule has 0 fully saturated rings. The third kappa shape index (κ3) is 4.37. The van der Waals surface area contributed by atoms with Crippen molar-refractivity contribution >= 4 is 22.8 Å². The molecule has 0 radical (unpaired) electrons. The average molecular weight is 438 g/mol. The normalized spacial score (nSPS) is 10.8. The van der Waals surface area contributed by atoms with Gasteiger partial charge < -0.3 is 19.9 Å². The fourth-order valence-electron chi connectivity index (χ4n) is 3.30.